The van der Waals surface area contributed by atoms with Gasteiger partial charge >= 0.3 is 0 Å². The average Bonchev–Trinajstić information content (AvgIpc) is 3.29. The molecule has 0 saturated carbocycles. The molecule has 2 atom stereocenters. The lowest BCUT2D eigenvalue weighted by atomic mass is 10.0. The summed E-state index contributed by atoms with van der Waals surface area (Å²) in [4.78, 5) is 12.4. The third-order valence-corrected chi connectivity index (χ3v) is 10.6. The van der Waals surface area contributed by atoms with Crippen LogP contribution < -0.4 is 5.32 Å². The van der Waals surface area contributed by atoms with Crippen molar-refractivity contribution in [1.29, 1.82) is 0 Å². The Hall–Kier alpha value is -3.73. The Balaban J connectivity index is 3.63. The summed E-state index contributed by atoms with van der Waals surface area (Å²) >= 11 is 0. The van der Waals surface area contributed by atoms with Gasteiger partial charge in [-0.15, -0.1) is 0 Å². The maximum atomic E-state index is 12.4. The van der Waals surface area contributed by atoms with Crippen LogP contribution >= 0.6 is 0 Å². The lowest BCUT2D eigenvalue weighted by molar-refractivity contribution is -0.123. The molecule has 2 unspecified atom stereocenters. The molecule has 354 valence electrons. The number of aliphatic hydroxyl groups is 2. The number of hydrogen-bond acceptors (Lipinski definition) is 3. The highest BCUT2D eigenvalue weighted by Gasteiger charge is 2.17. The number of carbonyl (C=O) groups excluding carboxylic acids is 1. The van der Waals surface area contributed by atoms with Crippen LogP contribution in [0.3, 0.4) is 0 Å². The molecule has 0 fully saturated rings. The van der Waals surface area contributed by atoms with Crippen molar-refractivity contribution in [3.05, 3.63) is 146 Å². The second kappa shape index (κ2) is 52.6. The van der Waals surface area contributed by atoms with Crippen LogP contribution in [0.2, 0.25) is 0 Å². The molecule has 63 heavy (non-hydrogen) atoms. The van der Waals surface area contributed by atoms with Crippen LogP contribution in [0.5, 0.6) is 0 Å². The predicted molar refractivity (Wildman–Crippen MR) is 280 cm³/mol. The van der Waals surface area contributed by atoms with Gasteiger partial charge in [0, 0.05) is 6.42 Å². The van der Waals surface area contributed by atoms with Gasteiger partial charge < -0.3 is 15.5 Å². The van der Waals surface area contributed by atoms with E-state index < -0.39 is 12.1 Å². The Morgan fingerprint density at radius 1 is 0.397 bits per heavy atom. The molecule has 0 bridgehead atoms. The smallest absolute Gasteiger partial charge is 0.220 e. The van der Waals surface area contributed by atoms with Gasteiger partial charge in [-0.25, -0.2) is 0 Å². The molecule has 0 aliphatic carbocycles. The number of carbonyl (C=O) groups is 1. The van der Waals surface area contributed by atoms with Gasteiger partial charge in [0.15, 0.2) is 0 Å². The van der Waals surface area contributed by atoms with Crippen molar-refractivity contribution in [2.24, 2.45) is 0 Å². The van der Waals surface area contributed by atoms with Gasteiger partial charge in [-0.05, 0) is 109 Å². The largest absolute Gasteiger partial charge is 0.394 e. The summed E-state index contributed by atoms with van der Waals surface area (Å²) in [6, 6.07) is -0.649. The van der Waals surface area contributed by atoms with Crippen molar-refractivity contribution >= 4 is 5.91 Å². The average molecular weight is 866 g/mol. The van der Waals surface area contributed by atoms with E-state index in [0.29, 0.717) is 6.42 Å². The summed E-state index contributed by atoms with van der Waals surface area (Å²) in [5.74, 6) is -0.0879. The van der Waals surface area contributed by atoms with Crippen molar-refractivity contribution in [1.82, 2.24) is 5.32 Å². The minimum Gasteiger partial charge on any atom is -0.394 e. The molecule has 0 aromatic heterocycles. The minimum absolute atomic E-state index is 0.0879. The number of amides is 1. The first-order valence-electron chi connectivity index (χ1n) is 25.5. The topological polar surface area (TPSA) is 69.6 Å². The number of aliphatic hydroxyl groups excluding tert-OH is 2. The molecular formula is C59H95NO3. The third-order valence-electron chi connectivity index (χ3n) is 10.6. The van der Waals surface area contributed by atoms with Crippen LogP contribution in [0.25, 0.3) is 0 Å². The molecule has 0 heterocycles. The highest BCUT2D eigenvalue weighted by atomic mass is 16.3. The lowest BCUT2D eigenvalue weighted by Crippen LogP contribution is -2.45. The summed E-state index contributed by atoms with van der Waals surface area (Å²) in [6.07, 6.45) is 84.2. The maximum Gasteiger partial charge on any atom is 0.220 e. The summed E-state index contributed by atoms with van der Waals surface area (Å²) in [5, 5.41) is 22.9. The van der Waals surface area contributed by atoms with E-state index in [-0.39, 0.29) is 12.5 Å². The first-order valence-corrected chi connectivity index (χ1v) is 25.5. The van der Waals surface area contributed by atoms with E-state index >= 15 is 0 Å². The maximum absolute atomic E-state index is 12.4. The first kappa shape index (κ1) is 59.3. The van der Waals surface area contributed by atoms with Crippen LogP contribution in [0.1, 0.15) is 200 Å². The van der Waals surface area contributed by atoms with Crippen LogP contribution in [-0.2, 0) is 4.79 Å². The molecule has 0 aromatic rings. The predicted octanol–water partition coefficient (Wildman–Crippen LogP) is 16.9. The molecule has 4 heteroatoms. The molecule has 3 N–H and O–H groups in total. The first-order chi connectivity index (χ1) is 31.2. The monoisotopic (exact) mass is 866 g/mol. The van der Waals surface area contributed by atoms with Crippen LogP contribution in [-0.4, -0.2) is 34.9 Å². The fourth-order valence-corrected chi connectivity index (χ4v) is 6.69. The van der Waals surface area contributed by atoms with Crippen molar-refractivity contribution in [3.63, 3.8) is 0 Å². The summed E-state index contributed by atoms with van der Waals surface area (Å²) in [5.41, 5.74) is 0. The molecule has 0 saturated heterocycles. The van der Waals surface area contributed by atoms with Crippen molar-refractivity contribution < 1.29 is 15.0 Å². The molecule has 0 radical (unpaired) electrons. The second-order valence-electron chi connectivity index (χ2n) is 16.5. The van der Waals surface area contributed by atoms with Crippen molar-refractivity contribution in [3.8, 4) is 0 Å². The highest BCUT2D eigenvalue weighted by molar-refractivity contribution is 5.76. The Bertz CT molecular complexity index is 1350. The van der Waals surface area contributed by atoms with E-state index in [4.69, 9.17) is 0 Å². The number of nitrogens with one attached hydrogen (secondary N) is 1. The van der Waals surface area contributed by atoms with Gasteiger partial charge in [0.2, 0.25) is 5.91 Å². The van der Waals surface area contributed by atoms with E-state index in [9.17, 15) is 15.0 Å². The lowest BCUT2D eigenvalue weighted by Gasteiger charge is -2.19. The van der Waals surface area contributed by atoms with Gasteiger partial charge in [0.05, 0.1) is 18.8 Å². The van der Waals surface area contributed by atoms with Crippen molar-refractivity contribution in [2.75, 3.05) is 6.61 Å². The second-order valence-corrected chi connectivity index (χ2v) is 16.5. The normalized spacial score (nSPS) is 14.2. The molecule has 4 nitrogen and oxygen atoms in total. The summed E-state index contributed by atoms with van der Waals surface area (Å²) in [6.45, 7) is 4.12. The van der Waals surface area contributed by atoms with Crippen LogP contribution in [0.15, 0.2) is 146 Å². The molecule has 0 aliphatic heterocycles. The van der Waals surface area contributed by atoms with E-state index in [1.807, 2.05) is 6.08 Å². The SMILES string of the molecule is CC/C=C\C/C=C\C/C=C\C/C=C\C/C=C\C/C=C\C/C=C\C/C=C\C/C=C\C/C=C\CCCCCCCCCCCCC(=O)NC(CO)C(O)/C=C/CC/C=C/CCCCCC. The zero-order chi connectivity index (χ0) is 45.6. The van der Waals surface area contributed by atoms with E-state index in [2.05, 4.69) is 153 Å². The van der Waals surface area contributed by atoms with Crippen LogP contribution in [0.4, 0.5) is 0 Å². The highest BCUT2D eigenvalue weighted by Crippen LogP contribution is 2.13. The zero-order valence-corrected chi connectivity index (χ0v) is 40.5. The molecule has 1 amide bonds. The van der Waals surface area contributed by atoms with E-state index in [0.717, 1.165) is 103 Å². The summed E-state index contributed by atoms with van der Waals surface area (Å²) in [7, 11) is 0. The Morgan fingerprint density at radius 3 is 1.11 bits per heavy atom. The Labute approximate surface area is 389 Å². The third kappa shape index (κ3) is 49.1. The van der Waals surface area contributed by atoms with Gasteiger partial charge in [-0.1, -0.05) is 230 Å². The standard InChI is InChI=1S/C59H95NO3/c1-3-5-7-9-11-13-15-16-17-18-19-20-21-22-23-24-25-26-27-28-29-30-31-32-33-34-35-36-37-38-39-40-41-42-43-44-45-47-49-51-53-55-59(63)60-57(56-61)58(62)54-52-50-48-46-14-12-10-8-6-4-2/h5,7,11,13-14,16-17,19-20,22-23,25-26,28-29,31-32,34-35,37-38,46,52,54,57-58,61-62H,3-4,6,8-10,12,15,18,21,24,27,30,33,36,39-45,47-51,53,55-56H2,1-2H3,(H,60,63)/b7-5-,13-11-,17-16-,20-19-,23-22-,26-25-,29-28-,32-31-,35-34-,38-37-,46-14+,54-52+. The number of allylic oxidation sites excluding steroid dienone is 23. The van der Waals surface area contributed by atoms with Gasteiger partial charge in [-0.3, -0.25) is 4.79 Å². The Morgan fingerprint density at radius 2 is 0.714 bits per heavy atom. The molecule has 0 spiro atoms. The molecular weight excluding hydrogens is 771 g/mol. The van der Waals surface area contributed by atoms with Crippen LogP contribution in [0, 0.1) is 0 Å². The van der Waals surface area contributed by atoms with Gasteiger partial charge in [-0.2, -0.15) is 0 Å². The van der Waals surface area contributed by atoms with E-state index in [1.54, 1.807) is 6.08 Å². The quantitative estimate of drug-likeness (QED) is 0.0422. The number of unbranched alkanes of at least 4 members (excludes halogenated alkanes) is 15. The van der Waals surface area contributed by atoms with Crippen molar-refractivity contribution in [2.45, 2.75) is 212 Å². The van der Waals surface area contributed by atoms with Gasteiger partial charge in [0.25, 0.3) is 0 Å². The zero-order valence-electron chi connectivity index (χ0n) is 40.5. The van der Waals surface area contributed by atoms with E-state index in [1.165, 1.54) is 77.0 Å². The van der Waals surface area contributed by atoms with Gasteiger partial charge in [0.1, 0.15) is 0 Å². The number of hydrogen-bond donors (Lipinski definition) is 3. The summed E-state index contributed by atoms with van der Waals surface area (Å²) < 4.78 is 0. The fourth-order valence-electron chi connectivity index (χ4n) is 6.69. The fraction of sp³-hybridized carbons (Fsp3) is 0.576. The molecule has 0 aromatic carbocycles. The molecule has 0 rings (SSSR count). The molecule has 0 aliphatic rings. The number of rotatable bonds is 44. The Kier molecular flexibility index (Phi) is 49.5. The minimum atomic E-state index is -0.871.